The number of aromatic nitrogens is 3. The van der Waals surface area contributed by atoms with E-state index in [1.165, 1.54) is 6.20 Å². The third-order valence-corrected chi connectivity index (χ3v) is 5.74. The van der Waals surface area contributed by atoms with Crippen LogP contribution >= 0.6 is 11.6 Å². The average molecular weight is 424 g/mol. The number of nitrogens with one attached hydrogen (secondary N) is 2. The minimum atomic E-state index is -0.872. The molecule has 2 N–H and O–H groups in total. The Kier molecular flexibility index (Phi) is 5.52. The van der Waals surface area contributed by atoms with E-state index in [0.29, 0.717) is 37.3 Å². The fraction of sp³-hybridized carbons (Fsp3) is 0.556. The van der Waals surface area contributed by atoms with E-state index in [1.54, 1.807) is 0 Å². The quantitative estimate of drug-likeness (QED) is 0.303. The number of ether oxygens (including phenoxy) is 1. The molecule has 0 aliphatic carbocycles. The zero-order valence-corrected chi connectivity index (χ0v) is 16.3. The SMILES string of the molecule is N#CNCCNc1nc(OC[C@@]23CCCN2CC(F)C3)nc2c(F)c(Cl)ncc12. The van der Waals surface area contributed by atoms with E-state index >= 15 is 0 Å². The minimum absolute atomic E-state index is 0.0127. The molecule has 2 aromatic rings. The van der Waals surface area contributed by atoms with Gasteiger partial charge in [0.15, 0.2) is 17.2 Å². The molecular formula is C18H20ClF2N7O. The van der Waals surface area contributed by atoms with Crippen molar-refractivity contribution in [2.45, 2.75) is 31.0 Å². The van der Waals surface area contributed by atoms with Gasteiger partial charge in [0, 0.05) is 32.3 Å². The Balaban J connectivity index is 1.60. The molecule has 11 heteroatoms. The topological polar surface area (TPSA) is 99.0 Å². The summed E-state index contributed by atoms with van der Waals surface area (Å²) in [6.45, 7) is 2.21. The standard InChI is InChI=1S/C18H20ClF2N7O/c19-15-13(21)14-12(7-25-15)16(24-4-3-23-10-22)27-17(26-14)29-9-18-2-1-5-28(18)8-11(20)6-18/h7,11,23H,1-6,8-9H2,(H,24,26,27)/t11?,18-/m0/s1. The van der Waals surface area contributed by atoms with Crippen molar-refractivity contribution in [3.8, 4) is 12.2 Å². The number of anilines is 1. The molecule has 154 valence electrons. The van der Waals surface area contributed by atoms with Gasteiger partial charge in [-0.3, -0.25) is 4.90 Å². The number of halogens is 3. The van der Waals surface area contributed by atoms with Crippen LogP contribution in [0.1, 0.15) is 19.3 Å². The van der Waals surface area contributed by atoms with Crippen molar-refractivity contribution in [2.75, 3.05) is 38.1 Å². The second kappa shape index (κ2) is 8.08. The van der Waals surface area contributed by atoms with Gasteiger partial charge in [-0.2, -0.15) is 15.2 Å². The highest BCUT2D eigenvalue weighted by Crippen LogP contribution is 2.40. The van der Waals surface area contributed by atoms with E-state index in [-0.39, 0.29) is 28.8 Å². The normalized spacial score (nSPS) is 23.7. The van der Waals surface area contributed by atoms with Gasteiger partial charge >= 0.3 is 6.01 Å². The van der Waals surface area contributed by atoms with Gasteiger partial charge in [-0.05, 0) is 19.4 Å². The van der Waals surface area contributed by atoms with Gasteiger partial charge in [0.25, 0.3) is 0 Å². The van der Waals surface area contributed by atoms with E-state index in [4.69, 9.17) is 21.6 Å². The molecule has 4 heterocycles. The monoisotopic (exact) mass is 423 g/mol. The molecular weight excluding hydrogens is 404 g/mol. The summed E-state index contributed by atoms with van der Waals surface area (Å²) in [6.07, 6.45) is 4.58. The molecule has 8 nitrogen and oxygen atoms in total. The lowest BCUT2D eigenvalue weighted by Crippen LogP contribution is -2.43. The fourth-order valence-electron chi connectivity index (χ4n) is 4.16. The van der Waals surface area contributed by atoms with Crippen molar-refractivity contribution in [3.05, 3.63) is 17.2 Å². The predicted octanol–water partition coefficient (Wildman–Crippen LogP) is 2.26. The molecule has 1 unspecified atom stereocenters. The Bertz CT molecular complexity index is 956. The zero-order chi connectivity index (χ0) is 20.4. The maximum Gasteiger partial charge on any atom is 0.319 e. The number of alkyl halides is 1. The fourth-order valence-corrected chi connectivity index (χ4v) is 4.30. The Hall–Kier alpha value is -2.51. The number of pyridine rings is 1. The Morgan fingerprint density at radius 2 is 2.28 bits per heavy atom. The molecule has 2 aliphatic heterocycles. The lowest BCUT2D eigenvalue weighted by Gasteiger charge is -2.30. The van der Waals surface area contributed by atoms with Crippen molar-refractivity contribution in [3.63, 3.8) is 0 Å². The molecule has 2 fully saturated rings. The molecule has 2 aromatic heterocycles. The van der Waals surface area contributed by atoms with Gasteiger partial charge in [0.2, 0.25) is 0 Å². The van der Waals surface area contributed by atoms with Gasteiger partial charge in [-0.15, -0.1) is 0 Å². The summed E-state index contributed by atoms with van der Waals surface area (Å²) < 4.78 is 34.3. The highest BCUT2D eigenvalue weighted by molar-refractivity contribution is 6.30. The second-order valence-corrected chi connectivity index (χ2v) is 7.67. The third kappa shape index (κ3) is 3.84. The van der Waals surface area contributed by atoms with Gasteiger partial charge in [0.05, 0.1) is 10.9 Å². The van der Waals surface area contributed by atoms with Gasteiger partial charge in [0.1, 0.15) is 24.1 Å². The summed E-state index contributed by atoms with van der Waals surface area (Å²) in [7, 11) is 0. The summed E-state index contributed by atoms with van der Waals surface area (Å²) in [4.78, 5) is 14.5. The van der Waals surface area contributed by atoms with Crippen molar-refractivity contribution >= 4 is 28.3 Å². The molecule has 29 heavy (non-hydrogen) atoms. The predicted molar refractivity (Wildman–Crippen MR) is 103 cm³/mol. The van der Waals surface area contributed by atoms with Crippen LogP contribution < -0.4 is 15.4 Å². The number of hydrogen-bond acceptors (Lipinski definition) is 8. The van der Waals surface area contributed by atoms with Crippen molar-refractivity contribution < 1.29 is 13.5 Å². The first-order chi connectivity index (χ1) is 14.0. The van der Waals surface area contributed by atoms with Crippen molar-refractivity contribution in [1.82, 2.24) is 25.2 Å². The molecule has 2 atom stereocenters. The summed E-state index contributed by atoms with van der Waals surface area (Å²) in [5.74, 6) is -0.441. The van der Waals surface area contributed by atoms with Gasteiger partial charge in [-0.25, -0.2) is 13.8 Å². The minimum Gasteiger partial charge on any atom is -0.461 e. The van der Waals surface area contributed by atoms with Gasteiger partial charge in [-0.1, -0.05) is 11.6 Å². The maximum absolute atomic E-state index is 14.5. The molecule has 2 aliphatic rings. The highest BCUT2D eigenvalue weighted by Gasteiger charge is 2.49. The summed E-state index contributed by atoms with van der Waals surface area (Å²) in [5.41, 5.74) is -0.377. The van der Waals surface area contributed by atoms with E-state index in [1.807, 2.05) is 6.19 Å². The van der Waals surface area contributed by atoms with Gasteiger partial charge < -0.3 is 15.4 Å². The van der Waals surface area contributed by atoms with E-state index in [2.05, 4.69) is 30.5 Å². The van der Waals surface area contributed by atoms with Crippen LogP contribution in [-0.4, -0.2) is 64.3 Å². The first-order valence-electron chi connectivity index (χ1n) is 9.42. The van der Waals surface area contributed by atoms with Crippen LogP contribution in [0.15, 0.2) is 6.20 Å². The molecule has 0 bridgehead atoms. The summed E-state index contributed by atoms with van der Waals surface area (Å²) >= 11 is 5.80. The molecule has 0 aromatic carbocycles. The smallest absolute Gasteiger partial charge is 0.319 e. The number of nitriles is 1. The first kappa shape index (κ1) is 19.8. The summed E-state index contributed by atoms with van der Waals surface area (Å²) in [5, 5.41) is 14.2. The third-order valence-electron chi connectivity index (χ3n) is 5.47. The highest BCUT2D eigenvalue weighted by atomic mass is 35.5. The summed E-state index contributed by atoms with van der Waals surface area (Å²) in [6, 6.07) is -0.0158. The lowest BCUT2D eigenvalue weighted by atomic mass is 9.95. The van der Waals surface area contributed by atoms with E-state index in [0.717, 1.165) is 19.4 Å². The lowest BCUT2D eigenvalue weighted by molar-refractivity contribution is 0.107. The van der Waals surface area contributed by atoms with E-state index < -0.39 is 12.0 Å². The first-order valence-corrected chi connectivity index (χ1v) is 9.80. The second-order valence-electron chi connectivity index (χ2n) is 7.31. The molecule has 0 saturated carbocycles. The molecule has 4 rings (SSSR count). The van der Waals surface area contributed by atoms with Crippen molar-refractivity contribution in [1.29, 1.82) is 5.26 Å². The van der Waals surface area contributed by atoms with Crippen LogP contribution in [0.2, 0.25) is 5.15 Å². The Morgan fingerprint density at radius 1 is 1.41 bits per heavy atom. The largest absolute Gasteiger partial charge is 0.461 e. The van der Waals surface area contributed by atoms with Crippen molar-refractivity contribution in [2.24, 2.45) is 0 Å². The zero-order valence-electron chi connectivity index (χ0n) is 15.6. The number of hydrogen-bond donors (Lipinski definition) is 2. The van der Waals surface area contributed by atoms with Crippen LogP contribution in [0.4, 0.5) is 14.6 Å². The van der Waals surface area contributed by atoms with Crippen LogP contribution in [0.25, 0.3) is 10.9 Å². The number of fused-ring (bicyclic) bond motifs is 2. The van der Waals surface area contributed by atoms with Crippen LogP contribution in [0, 0.1) is 17.3 Å². The molecule has 2 saturated heterocycles. The Morgan fingerprint density at radius 3 is 3.10 bits per heavy atom. The molecule has 0 radical (unpaired) electrons. The van der Waals surface area contributed by atoms with E-state index in [9.17, 15) is 8.78 Å². The number of nitrogens with zero attached hydrogens (tertiary/aromatic N) is 5. The molecule has 0 amide bonds. The van der Waals surface area contributed by atoms with Crippen LogP contribution in [0.5, 0.6) is 6.01 Å². The maximum atomic E-state index is 14.5. The van der Waals surface area contributed by atoms with Crippen LogP contribution in [-0.2, 0) is 0 Å². The number of rotatable bonds is 7. The molecule has 0 spiro atoms. The van der Waals surface area contributed by atoms with Crippen LogP contribution in [0.3, 0.4) is 0 Å². The Labute approximate surface area is 171 Å². The average Bonchev–Trinajstić information content (AvgIpc) is 3.22.